The summed E-state index contributed by atoms with van der Waals surface area (Å²) in [6, 6.07) is 7.95. The number of alkyl halides is 1. The summed E-state index contributed by atoms with van der Waals surface area (Å²) < 4.78 is 0. The van der Waals surface area contributed by atoms with E-state index < -0.39 is 6.10 Å². The summed E-state index contributed by atoms with van der Waals surface area (Å²) in [7, 11) is 0. The first-order chi connectivity index (χ1) is 5.79. The third-order valence-electron chi connectivity index (χ3n) is 2.41. The first-order valence-corrected chi connectivity index (χ1v) is 4.62. The van der Waals surface area contributed by atoms with Crippen LogP contribution in [0.25, 0.3) is 0 Å². The normalized spacial score (nSPS) is 28.2. The molecule has 1 aromatic rings. The minimum Gasteiger partial charge on any atom is -0.387 e. The molecule has 1 aromatic carbocycles. The standard InChI is InChI=1S/C10H11ClO/c11-9-6-5-7-3-1-2-4-8(7)10(9)12/h1-4,9-10,12H,5-6H2/t9-,10-/m0/s1. The zero-order chi connectivity index (χ0) is 8.55. The van der Waals surface area contributed by atoms with E-state index in [1.54, 1.807) is 0 Å². The van der Waals surface area contributed by atoms with E-state index in [-0.39, 0.29) is 5.38 Å². The molecule has 0 unspecified atom stereocenters. The molecule has 2 rings (SSSR count). The van der Waals surface area contributed by atoms with Gasteiger partial charge in [0.1, 0.15) is 0 Å². The number of benzene rings is 1. The molecule has 0 amide bonds. The molecule has 1 N–H and O–H groups in total. The number of halogens is 1. The van der Waals surface area contributed by atoms with Crippen molar-refractivity contribution in [3.63, 3.8) is 0 Å². The molecule has 1 nitrogen and oxygen atoms in total. The molecule has 1 aliphatic rings. The predicted octanol–water partition coefficient (Wildman–Crippen LogP) is 2.27. The van der Waals surface area contributed by atoms with Gasteiger partial charge in [-0.15, -0.1) is 11.6 Å². The Bertz CT molecular complexity index is 285. The minimum atomic E-state index is -0.475. The van der Waals surface area contributed by atoms with Crippen LogP contribution in [0.3, 0.4) is 0 Å². The molecule has 0 bridgehead atoms. The Labute approximate surface area is 77.0 Å². The Balaban J connectivity index is 2.42. The number of fused-ring (bicyclic) bond motifs is 1. The monoisotopic (exact) mass is 182 g/mol. The van der Waals surface area contributed by atoms with Gasteiger partial charge in [-0.2, -0.15) is 0 Å². The molecule has 12 heavy (non-hydrogen) atoms. The van der Waals surface area contributed by atoms with Crippen LogP contribution in [0.5, 0.6) is 0 Å². The van der Waals surface area contributed by atoms with Crippen LogP contribution >= 0.6 is 11.6 Å². The molecule has 0 fully saturated rings. The molecular weight excluding hydrogens is 172 g/mol. The topological polar surface area (TPSA) is 20.2 Å². The molecule has 0 radical (unpaired) electrons. The van der Waals surface area contributed by atoms with Crippen LogP contribution in [0.1, 0.15) is 23.7 Å². The molecule has 64 valence electrons. The molecule has 2 heteroatoms. The van der Waals surface area contributed by atoms with Crippen molar-refractivity contribution in [1.29, 1.82) is 0 Å². The van der Waals surface area contributed by atoms with Crippen molar-refractivity contribution in [3.8, 4) is 0 Å². The Morgan fingerprint density at radius 3 is 2.92 bits per heavy atom. The highest BCUT2D eigenvalue weighted by Crippen LogP contribution is 2.32. The van der Waals surface area contributed by atoms with Crippen LogP contribution in [0, 0.1) is 0 Å². The summed E-state index contributed by atoms with van der Waals surface area (Å²) in [5.74, 6) is 0. The molecule has 0 heterocycles. The highest BCUT2D eigenvalue weighted by atomic mass is 35.5. The lowest BCUT2D eigenvalue weighted by Crippen LogP contribution is -2.20. The van der Waals surface area contributed by atoms with Gasteiger partial charge in [0, 0.05) is 0 Å². The highest BCUT2D eigenvalue weighted by Gasteiger charge is 2.25. The van der Waals surface area contributed by atoms with Crippen molar-refractivity contribution in [2.45, 2.75) is 24.3 Å². The molecule has 0 spiro atoms. The van der Waals surface area contributed by atoms with E-state index >= 15 is 0 Å². The maximum atomic E-state index is 9.70. The van der Waals surface area contributed by atoms with Crippen LogP contribution in [0.4, 0.5) is 0 Å². The average molecular weight is 183 g/mol. The zero-order valence-electron chi connectivity index (χ0n) is 6.70. The van der Waals surface area contributed by atoms with Gasteiger partial charge in [-0.05, 0) is 24.0 Å². The lowest BCUT2D eigenvalue weighted by atomic mass is 9.89. The van der Waals surface area contributed by atoms with Crippen molar-refractivity contribution < 1.29 is 5.11 Å². The number of rotatable bonds is 0. The first kappa shape index (κ1) is 8.09. The van der Waals surface area contributed by atoms with Crippen molar-refractivity contribution >= 4 is 11.6 Å². The largest absolute Gasteiger partial charge is 0.387 e. The first-order valence-electron chi connectivity index (χ1n) is 4.19. The van der Waals surface area contributed by atoms with Crippen molar-refractivity contribution in [3.05, 3.63) is 35.4 Å². The van der Waals surface area contributed by atoms with Crippen LogP contribution in [0.15, 0.2) is 24.3 Å². The fraction of sp³-hybridized carbons (Fsp3) is 0.400. The van der Waals surface area contributed by atoms with Crippen molar-refractivity contribution in [2.75, 3.05) is 0 Å². The summed E-state index contributed by atoms with van der Waals surface area (Å²) in [5, 5.41) is 9.59. The van der Waals surface area contributed by atoms with E-state index in [0.717, 1.165) is 18.4 Å². The Kier molecular flexibility index (Phi) is 2.07. The smallest absolute Gasteiger partial charge is 0.0956 e. The number of aryl methyl sites for hydroxylation is 1. The second-order valence-corrected chi connectivity index (χ2v) is 3.76. The number of hydrogen-bond acceptors (Lipinski definition) is 1. The fourth-order valence-electron chi connectivity index (χ4n) is 1.70. The maximum Gasteiger partial charge on any atom is 0.0956 e. The van der Waals surface area contributed by atoms with Gasteiger partial charge in [-0.25, -0.2) is 0 Å². The SMILES string of the molecule is O[C@H]1c2ccccc2CC[C@@H]1Cl. The van der Waals surface area contributed by atoms with Crippen molar-refractivity contribution in [1.82, 2.24) is 0 Å². The fourth-order valence-corrected chi connectivity index (χ4v) is 1.94. The van der Waals surface area contributed by atoms with Gasteiger partial charge in [0.25, 0.3) is 0 Å². The van der Waals surface area contributed by atoms with Gasteiger partial charge in [0.2, 0.25) is 0 Å². The van der Waals surface area contributed by atoms with Gasteiger partial charge in [0.05, 0.1) is 11.5 Å². The summed E-state index contributed by atoms with van der Waals surface area (Å²) in [4.78, 5) is 0. The van der Waals surface area contributed by atoms with Crippen LogP contribution in [-0.4, -0.2) is 10.5 Å². The third-order valence-corrected chi connectivity index (χ3v) is 2.86. The lowest BCUT2D eigenvalue weighted by molar-refractivity contribution is 0.161. The molecule has 0 saturated carbocycles. The molecule has 0 aliphatic heterocycles. The van der Waals surface area contributed by atoms with Gasteiger partial charge in [-0.1, -0.05) is 24.3 Å². The van der Waals surface area contributed by atoms with E-state index in [4.69, 9.17) is 11.6 Å². The predicted molar refractivity (Wildman–Crippen MR) is 49.4 cm³/mol. The van der Waals surface area contributed by atoms with Gasteiger partial charge < -0.3 is 5.11 Å². The Hall–Kier alpha value is -0.530. The van der Waals surface area contributed by atoms with Crippen LogP contribution in [0.2, 0.25) is 0 Å². The Morgan fingerprint density at radius 2 is 2.08 bits per heavy atom. The van der Waals surface area contributed by atoms with E-state index in [1.165, 1.54) is 5.56 Å². The third kappa shape index (κ3) is 1.23. The van der Waals surface area contributed by atoms with E-state index in [0.29, 0.717) is 0 Å². The van der Waals surface area contributed by atoms with Gasteiger partial charge in [-0.3, -0.25) is 0 Å². The second kappa shape index (κ2) is 3.08. The molecule has 0 aromatic heterocycles. The van der Waals surface area contributed by atoms with E-state index in [9.17, 15) is 5.11 Å². The Morgan fingerprint density at radius 1 is 1.33 bits per heavy atom. The molecular formula is C10H11ClO. The maximum absolute atomic E-state index is 9.70. The zero-order valence-corrected chi connectivity index (χ0v) is 7.46. The number of hydrogen-bond donors (Lipinski definition) is 1. The number of aliphatic hydroxyl groups excluding tert-OH is 1. The van der Waals surface area contributed by atoms with E-state index in [2.05, 4.69) is 6.07 Å². The lowest BCUT2D eigenvalue weighted by Gasteiger charge is -2.25. The van der Waals surface area contributed by atoms with E-state index in [1.807, 2.05) is 18.2 Å². The quantitative estimate of drug-likeness (QED) is 0.611. The van der Waals surface area contributed by atoms with Gasteiger partial charge in [0.15, 0.2) is 0 Å². The summed E-state index contributed by atoms with van der Waals surface area (Å²) >= 11 is 5.94. The summed E-state index contributed by atoms with van der Waals surface area (Å²) in [6.45, 7) is 0. The van der Waals surface area contributed by atoms with Crippen LogP contribution in [-0.2, 0) is 6.42 Å². The molecule has 1 aliphatic carbocycles. The average Bonchev–Trinajstić information content (AvgIpc) is 2.12. The molecule has 2 atom stereocenters. The summed E-state index contributed by atoms with van der Waals surface area (Å²) in [5.41, 5.74) is 2.24. The molecule has 0 saturated heterocycles. The minimum absolute atomic E-state index is 0.111. The number of aliphatic hydroxyl groups is 1. The van der Waals surface area contributed by atoms with Crippen LogP contribution < -0.4 is 0 Å². The summed E-state index contributed by atoms with van der Waals surface area (Å²) in [6.07, 6.45) is 1.39. The second-order valence-electron chi connectivity index (χ2n) is 3.20. The highest BCUT2D eigenvalue weighted by molar-refractivity contribution is 6.21. The van der Waals surface area contributed by atoms with Gasteiger partial charge >= 0.3 is 0 Å². The van der Waals surface area contributed by atoms with Crippen molar-refractivity contribution in [2.24, 2.45) is 0 Å².